The molecule has 66 valence electrons. The standard InChI is InChI=1S/C6H10FNO.C2H6/c7-5-3-8-2-1-6(5)4-9-6;1-2/h5,8H,1-4H2;1-2H3. The molecule has 2 aliphatic heterocycles. The molecule has 2 heterocycles. The number of rotatable bonds is 0. The average molecular weight is 161 g/mol. The fourth-order valence-corrected chi connectivity index (χ4v) is 1.29. The zero-order valence-corrected chi connectivity index (χ0v) is 7.19. The van der Waals surface area contributed by atoms with Crippen LogP contribution in [-0.2, 0) is 4.74 Å². The molecule has 1 N–H and O–H groups in total. The summed E-state index contributed by atoms with van der Waals surface area (Å²) in [7, 11) is 0. The summed E-state index contributed by atoms with van der Waals surface area (Å²) in [5, 5.41) is 2.98. The molecule has 0 radical (unpaired) electrons. The van der Waals surface area contributed by atoms with E-state index in [4.69, 9.17) is 4.74 Å². The highest BCUT2D eigenvalue weighted by molar-refractivity contribution is 5.02. The highest BCUT2D eigenvalue weighted by atomic mass is 19.1. The van der Waals surface area contributed by atoms with Crippen LogP contribution in [0, 0.1) is 0 Å². The molecule has 0 amide bonds. The Morgan fingerprint density at radius 2 is 2.18 bits per heavy atom. The molecular formula is C8H16FNO. The zero-order valence-electron chi connectivity index (χ0n) is 7.19. The first kappa shape index (κ1) is 8.94. The molecule has 0 aliphatic carbocycles. The van der Waals surface area contributed by atoms with Crippen molar-refractivity contribution in [2.45, 2.75) is 32.0 Å². The Balaban J connectivity index is 0.000000281. The van der Waals surface area contributed by atoms with Crippen molar-refractivity contribution >= 4 is 0 Å². The largest absolute Gasteiger partial charge is 0.366 e. The number of halogens is 1. The van der Waals surface area contributed by atoms with Gasteiger partial charge in [0.05, 0.1) is 6.61 Å². The van der Waals surface area contributed by atoms with E-state index in [1.54, 1.807) is 0 Å². The van der Waals surface area contributed by atoms with Gasteiger partial charge in [0.2, 0.25) is 0 Å². The van der Waals surface area contributed by atoms with E-state index in [-0.39, 0.29) is 5.60 Å². The Morgan fingerprint density at radius 1 is 1.55 bits per heavy atom. The van der Waals surface area contributed by atoms with E-state index in [1.165, 1.54) is 0 Å². The smallest absolute Gasteiger partial charge is 0.144 e. The van der Waals surface area contributed by atoms with Crippen LogP contribution in [0.3, 0.4) is 0 Å². The highest BCUT2D eigenvalue weighted by Gasteiger charge is 2.53. The lowest BCUT2D eigenvalue weighted by atomic mass is 9.97. The number of epoxide rings is 1. The van der Waals surface area contributed by atoms with Gasteiger partial charge in [0.1, 0.15) is 11.8 Å². The number of alkyl halides is 1. The average Bonchev–Trinajstić information content (AvgIpc) is 2.82. The summed E-state index contributed by atoms with van der Waals surface area (Å²) in [6.45, 7) is 6.01. The van der Waals surface area contributed by atoms with E-state index in [2.05, 4.69) is 5.32 Å². The van der Waals surface area contributed by atoms with Crippen molar-refractivity contribution in [1.29, 1.82) is 0 Å². The topological polar surface area (TPSA) is 24.6 Å². The lowest BCUT2D eigenvalue weighted by molar-refractivity contribution is 0.126. The normalized spacial score (nSPS) is 41.2. The maximum atomic E-state index is 12.8. The first-order chi connectivity index (χ1) is 5.33. The second kappa shape index (κ2) is 3.50. The second-order valence-electron chi connectivity index (χ2n) is 2.78. The summed E-state index contributed by atoms with van der Waals surface area (Å²) in [4.78, 5) is 0. The first-order valence-electron chi connectivity index (χ1n) is 4.32. The molecule has 11 heavy (non-hydrogen) atoms. The van der Waals surface area contributed by atoms with Gasteiger partial charge in [-0.2, -0.15) is 0 Å². The third kappa shape index (κ3) is 1.71. The number of ether oxygens (including phenoxy) is 1. The molecule has 2 rings (SSSR count). The zero-order chi connectivity index (χ0) is 8.32. The molecule has 0 saturated carbocycles. The number of nitrogens with one attached hydrogen (secondary N) is 1. The van der Waals surface area contributed by atoms with Crippen molar-refractivity contribution in [1.82, 2.24) is 5.32 Å². The monoisotopic (exact) mass is 161 g/mol. The Kier molecular flexibility index (Phi) is 2.84. The molecule has 2 saturated heterocycles. The first-order valence-corrected chi connectivity index (χ1v) is 4.32. The number of hydrogen-bond donors (Lipinski definition) is 1. The van der Waals surface area contributed by atoms with Crippen LogP contribution in [0.25, 0.3) is 0 Å². The van der Waals surface area contributed by atoms with Crippen molar-refractivity contribution in [3.63, 3.8) is 0 Å². The van der Waals surface area contributed by atoms with E-state index in [9.17, 15) is 4.39 Å². The molecular weight excluding hydrogens is 145 g/mol. The third-order valence-corrected chi connectivity index (χ3v) is 2.13. The van der Waals surface area contributed by atoms with Crippen LogP contribution in [0.15, 0.2) is 0 Å². The molecule has 1 spiro atoms. The Bertz CT molecular complexity index is 125. The summed E-state index contributed by atoms with van der Waals surface area (Å²) in [5.74, 6) is 0. The molecule has 2 nitrogen and oxygen atoms in total. The van der Waals surface area contributed by atoms with E-state index in [0.29, 0.717) is 13.2 Å². The quantitative estimate of drug-likeness (QED) is 0.538. The maximum Gasteiger partial charge on any atom is 0.144 e. The van der Waals surface area contributed by atoms with Crippen molar-refractivity contribution < 1.29 is 9.13 Å². The Hall–Kier alpha value is -0.150. The molecule has 0 aromatic carbocycles. The molecule has 2 fully saturated rings. The molecule has 2 aliphatic rings. The van der Waals surface area contributed by atoms with Gasteiger partial charge in [-0.25, -0.2) is 4.39 Å². The minimum Gasteiger partial charge on any atom is -0.366 e. The van der Waals surface area contributed by atoms with E-state index in [1.807, 2.05) is 13.8 Å². The number of piperidine rings is 1. The van der Waals surface area contributed by atoms with Gasteiger partial charge in [0, 0.05) is 6.54 Å². The lowest BCUT2D eigenvalue weighted by Crippen LogP contribution is -2.43. The van der Waals surface area contributed by atoms with Crippen molar-refractivity contribution in [2.75, 3.05) is 19.7 Å². The minimum absolute atomic E-state index is 0.342. The van der Waals surface area contributed by atoms with E-state index in [0.717, 1.165) is 13.0 Å². The van der Waals surface area contributed by atoms with Crippen LogP contribution in [0.2, 0.25) is 0 Å². The van der Waals surface area contributed by atoms with Crippen molar-refractivity contribution in [3.8, 4) is 0 Å². The molecule has 0 aromatic heterocycles. The van der Waals surface area contributed by atoms with Gasteiger partial charge >= 0.3 is 0 Å². The summed E-state index contributed by atoms with van der Waals surface area (Å²) in [6, 6.07) is 0. The van der Waals surface area contributed by atoms with E-state index < -0.39 is 6.17 Å². The van der Waals surface area contributed by atoms with Gasteiger partial charge in [-0.1, -0.05) is 13.8 Å². The van der Waals surface area contributed by atoms with Crippen LogP contribution >= 0.6 is 0 Å². The van der Waals surface area contributed by atoms with Crippen molar-refractivity contribution in [2.24, 2.45) is 0 Å². The predicted octanol–water partition coefficient (Wildman–Crippen LogP) is 1.11. The van der Waals surface area contributed by atoms with Crippen LogP contribution < -0.4 is 5.32 Å². The Labute approximate surface area is 67.1 Å². The van der Waals surface area contributed by atoms with Crippen LogP contribution in [0.4, 0.5) is 4.39 Å². The predicted molar refractivity (Wildman–Crippen MR) is 42.4 cm³/mol. The summed E-state index contributed by atoms with van der Waals surface area (Å²) in [6.07, 6.45) is 0.0694. The molecule has 0 bridgehead atoms. The molecule has 0 aromatic rings. The van der Waals surface area contributed by atoms with Crippen LogP contribution in [0.5, 0.6) is 0 Å². The second-order valence-corrected chi connectivity index (χ2v) is 2.78. The molecule has 2 unspecified atom stereocenters. The maximum absolute atomic E-state index is 12.8. The molecule has 2 atom stereocenters. The minimum atomic E-state index is -0.772. The summed E-state index contributed by atoms with van der Waals surface area (Å²) in [5.41, 5.74) is -0.342. The van der Waals surface area contributed by atoms with Crippen LogP contribution in [0.1, 0.15) is 20.3 Å². The van der Waals surface area contributed by atoms with Crippen LogP contribution in [-0.4, -0.2) is 31.5 Å². The highest BCUT2D eigenvalue weighted by Crippen LogP contribution is 2.37. The third-order valence-electron chi connectivity index (χ3n) is 2.13. The van der Waals surface area contributed by atoms with Gasteiger partial charge in [-0.05, 0) is 13.0 Å². The van der Waals surface area contributed by atoms with Crippen molar-refractivity contribution in [3.05, 3.63) is 0 Å². The number of hydrogen-bond acceptors (Lipinski definition) is 2. The van der Waals surface area contributed by atoms with Gasteiger partial charge in [-0.3, -0.25) is 0 Å². The van der Waals surface area contributed by atoms with Gasteiger partial charge < -0.3 is 10.1 Å². The van der Waals surface area contributed by atoms with Gasteiger partial charge in [-0.15, -0.1) is 0 Å². The summed E-state index contributed by atoms with van der Waals surface area (Å²) >= 11 is 0. The van der Waals surface area contributed by atoms with Gasteiger partial charge in [0.25, 0.3) is 0 Å². The fourth-order valence-electron chi connectivity index (χ4n) is 1.29. The SMILES string of the molecule is CC.FC1CNCCC12CO2. The summed E-state index contributed by atoms with van der Waals surface area (Å²) < 4.78 is 17.9. The Morgan fingerprint density at radius 3 is 2.55 bits per heavy atom. The van der Waals surface area contributed by atoms with Gasteiger partial charge in [0.15, 0.2) is 0 Å². The lowest BCUT2D eigenvalue weighted by Gasteiger charge is -2.22. The molecule has 3 heteroatoms. The van der Waals surface area contributed by atoms with E-state index >= 15 is 0 Å². The fraction of sp³-hybridized carbons (Fsp3) is 1.00.